The van der Waals surface area contributed by atoms with Crippen molar-refractivity contribution in [3.63, 3.8) is 0 Å². The van der Waals surface area contributed by atoms with Gasteiger partial charge in [-0.1, -0.05) is 0 Å². The minimum Gasteiger partial charge on any atom is -0.508 e. The molecule has 3 N–H and O–H groups in total. The quantitative estimate of drug-likeness (QED) is 0.358. The lowest BCUT2D eigenvalue weighted by atomic mass is 10.1. The van der Waals surface area contributed by atoms with Crippen LogP contribution in [0.4, 0.5) is 5.69 Å². The number of hydrogen-bond acceptors (Lipinski definition) is 4. The Hall–Kier alpha value is -1.30. The van der Waals surface area contributed by atoms with E-state index in [-0.39, 0.29) is 5.75 Å². The molecule has 2 rings (SSSR count). The van der Waals surface area contributed by atoms with E-state index in [2.05, 4.69) is 7.05 Å². The molecule has 20 heavy (non-hydrogen) atoms. The third-order valence-corrected chi connectivity index (χ3v) is 3.82. The highest BCUT2D eigenvalue weighted by Gasteiger charge is 2.24. The number of anilines is 1. The average Bonchev–Trinajstić information content (AvgIpc) is 2.43. The summed E-state index contributed by atoms with van der Waals surface area (Å²) in [4.78, 5) is 0. The Bertz CT molecular complexity index is 431. The van der Waals surface area contributed by atoms with Gasteiger partial charge in [-0.15, -0.1) is 0 Å². The summed E-state index contributed by atoms with van der Waals surface area (Å²) in [5, 5.41) is 9.44. The van der Waals surface area contributed by atoms with Crippen molar-refractivity contribution in [1.82, 2.24) is 0 Å². The molecule has 1 aliphatic rings. The predicted molar refractivity (Wildman–Crippen MR) is 78.4 cm³/mol. The summed E-state index contributed by atoms with van der Waals surface area (Å²) in [5.41, 5.74) is 7.59. The van der Waals surface area contributed by atoms with Crippen LogP contribution in [0.5, 0.6) is 5.75 Å². The predicted octanol–water partition coefficient (Wildman–Crippen LogP) is 1.36. The fourth-order valence-corrected chi connectivity index (χ4v) is 2.37. The first-order valence-electron chi connectivity index (χ1n) is 7.15. The maximum atomic E-state index is 9.44. The van der Waals surface area contributed by atoms with Gasteiger partial charge in [0.15, 0.2) is 6.73 Å². The zero-order valence-electron chi connectivity index (χ0n) is 12.2. The van der Waals surface area contributed by atoms with Gasteiger partial charge in [0, 0.05) is 5.69 Å². The molecule has 5 nitrogen and oxygen atoms in total. The van der Waals surface area contributed by atoms with E-state index in [4.69, 9.17) is 15.2 Å². The Morgan fingerprint density at radius 2 is 2.10 bits per heavy atom. The minimum absolute atomic E-state index is 0.265. The van der Waals surface area contributed by atoms with E-state index in [9.17, 15) is 5.11 Å². The second-order valence-corrected chi connectivity index (χ2v) is 5.70. The van der Waals surface area contributed by atoms with Crippen LogP contribution in [0.2, 0.25) is 0 Å². The summed E-state index contributed by atoms with van der Waals surface area (Å²) in [5.74, 6) is 0.265. The third-order valence-electron chi connectivity index (χ3n) is 3.82. The molecule has 0 saturated carbocycles. The summed E-state index contributed by atoms with van der Waals surface area (Å²) < 4.78 is 12.1. The van der Waals surface area contributed by atoms with Crippen LogP contribution in [-0.4, -0.2) is 56.3 Å². The van der Waals surface area contributed by atoms with Gasteiger partial charge in [-0.2, -0.15) is 0 Å². The molecule has 0 spiro atoms. The molecule has 112 valence electrons. The minimum atomic E-state index is 0.265. The number of aromatic hydroxyl groups is 1. The molecule has 0 aromatic heterocycles. The first kappa shape index (κ1) is 15.1. The molecule has 1 aliphatic heterocycles. The Kier molecular flexibility index (Phi) is 5.23. The van der Waals surface area contributed by atoms with Crippen LogP contribution in [0, 0.1) is 0 Å². The maximum absolute atomic E-state index is 9.44. The summed E-state index contributed by atoms with van der Waals surface area (Å²) in [6, 6.07) is 5.08. The van der Waals surface area contributed by atoms with Crippen LogP contribution in [0.25, 0.3) is 0 Å². The molecule has 1 saturated heterocycles. The van der Waals surface area contributed by atoms with E-state index in [1.165, 1.54) is 0 Å². The largest absolute Gasteiger partial charge is 0.508 e. The van der Waals surface area contributed by atoms with Crippen LogP contribution >= 0.6 is 0 Å². The molecule has 0 radical (unpaired) electrons. The second-order valence-electron chi connectivity index (χ2n) is 5.70. The number of ether oxygens (including phenoxy) is 2. The van der Waals surface area contributed by atoms with Gasteiger partial charge in [0.1, 0.15) is 18.8 Å². The molecule has 0 bridgehead atoms. The Balaban J connectivity index is 1.67. The van der Waals surface area contributed by atoms with E-state index >= 15 is 0 Å². The number of quaternary nitrogens is 1. The lowest BCUT2D eigenvalue weighted by Crippen LogP contribution is -2.53. The van der Waals surface area contributed by atoms with E-state index in [1.54, 1.807) is 18.2 Å². The van der Waals surface area contributed by atoms with E-state index in [1.807, 2.05) is 0 Å². The zero-order chi connectivity index (χ0) is 14.4. The molecule has 0 unspecified atom stereocenters. The Morgan fingerprint density at radius 3 is 2.85 bits per heavy atom. The standard InChI is InChI=1S/C15H24N2O3/c1-17(6-9-19-10-7-17)12-20-8-2-3-13-11-14(18)4-5-15(13)16/h4-5,11H,2-3,6-10,12,16H2,1H3/p+1. The van der Waals surface area contributed by atoms with Crippen molar-refractivity contribution in [2.24, 2.45) is 0 Å². The number of morpholine rings is 1. The summed E-state index contributed by atoms with van der Waals surface area (Å²) in [6.45, 7) is 5.11. The lowest BCUT2D eigenvalue weighted by Gasteiger charge is -2.36. The number of rotatable bonds is 6. The molecule has 1 heterocycles. The Morgan fingerprint density at radius 1 is 1.35 bits per heavy atom. The number of hydrogen-bond donors (Lipinski definition) is 2. The van der Waals surface area contributed by atoms with Gasteiger partial charge in [0.25, 0.3) is 0 Å². The molecule has 1 aromatic carbocycles. The molecule has 1 fully saturated rings. The molecule has 0 aliphatic carbocycles. The van der Waals surface area contributed by atoms with Crippen LogP contribution < -0.4 is 5.73 Å². The van der Waals surface area contributed by atoms with Crippen molar-refractivity contribution < 1.29 is 19.1 Å². The van der Waals surface area contributed by atoms with Crippen molar-refractivity contribution in [3.8, 4) is 5.75 Å². The SMILES string of the molecule is C[N+]1(COCCCc2cc(O)ccc2N)CCOCC1. The van der Waals surface area contributed by atoms with Crippen LogP contribution in [0.15, 0.2) is 18.2 Å². The third kappa shape index (κ3) is 4.37. The molecular formula is C15H25N2O3+. The first-order chi connectivity index (χ1) is 9.59. The van der Waals surface area contributed by atoms with Gasteiger partial charge >= 0.3 is 0 Å². The number of likely N-dealkylation sites (N-methyl/N-ethyl adjacent to an activating group) is 1. The molecule has 0 atom stereocenters. The lowest BCUT2D eigenvalue weighted by molar-refractivity contribution is -0.934. The Labute approximate surface area is 120 Å². The first-order valence-corrected chi connectivity index (χ1v) is 7.15. The van der Waals surface area contributed by atoms with Crippen LogP contribution in [0.1, 0.15) is 12.0 Å². The number of phenols is 1. The number of nitrogen functional groups attached to an aromatic ring is 1. The molecule has 5 heteroatoms. The van der Waals surface area contributed by atoms with Gasteiger partial charge in [0.2, 0.25) is 0 Å². The van der Waals surface area contributed by atoms with Gasteiger partial charge in [-0.25, -0.2) is 0 Å². The van der Waals surface area contributed by atoms with Crippen molar-refractivity contribution in [2.45, 2.75) is 12.8 Å². The van der Waals surface area contributed by atoms with E-state index in [0.717, 1.165) is 61.6 Å². The number of phenolic OH excluding ortho intramolecular Hbond substituents is 1. The highest BCUT2D eigenvalue weighted by Crippen LogP contribution is 2.19. The number of aryl methyl sites for hydroxylation is 1. The summed E-state index contributed by atoms with van der Waals surface area (Å²) >= 11 is 0. The average molecular weight is 281 g/mol. The van der Waals surface area contributed by atoms with Crippen LogP contribution in [-0.2, 0) is 15.9 Å². The van der Waals surface area contributed by atoms with Gasteiger partial charge in [-0.3, -0.25) is 4.48 Å². The van der Waals surface area contributed by atoms with Gasteiger partial charge in [-0.05, 0) is 36.6 Å². The highest BCUT2D eigenvalue weighted by molar-refractivity contribution is 5.50. The topological polar surface area (TPSA) is 64.7 Å². The van der Waals surface area contributed by atoms with Crippen molar-refractivity contribution in [1.29, 1.82) is 0 Å². The van der Waals surface area contributed by atoms with Crippen molar-refractivity contribution >= 4 is 5.69 Å². The fraction of sp³-hybridized carbons (Fsp3) is 0.600. The van der Waals surface area contributed by atoms with Gasteiger partial charge < -0.3 is 20.3 Å². The van der Waals surface area contributed by atoms with Crippen LogP contribution in [0.3, 0.4) is 0 Å². The molecule has 1 aromatic rings. The maximum Gasteiger partial charge on any atom is 0.183 e. The molecule has 0 amide bonds. The van der Waals surface area contributed by atoms with Gasteiger partial charge in [0.05, 0.1) is 26.9 Å². The second kappa shape index (κ2) is 6.92. The molecular weight excluding hydrogens is 256 g/mol. The number of nitrogens with two attached hydrogens (primary N) is 1. The highest BCUT2D eigenvalue weighted by atomic mass is 16.5. The number of nitrogens with zero attached hydrogens (tertiary/aromatic N) is 1. The normalized spacial score (nSPS) is 18.1. The number of benzene rings is 1. The smallest absolute Gasteiger partial charge is 0.183 e. The zero-order valence-corrected chi connectivity index (χ0v) is 12.2. The summed E-state index contributed by atoms with van der Waals surface area (Å²) in [7, 11) is 2.20. The van der Waals surface area contributed by atoms with E-state index < -0.39 is 0 Å². The van der Waals surface area contributed by atoms with Crippen molar-refractivity contribution in [3.05, 3.63) is 23.8 Å². The summed E-state index contributed by atoms with van der Waals surface area (Å²) in [6.07, 6.45) is 1.73. The monoisotopic (exact) mass is 281 g/mol. The van der Waals surface area contributed by atoms with E-state index in [0.29, 0.717) is 6.61 Å². The van der Waals surface area contributed by atoms with Crippen molar-refractivity contribution in [2.75, 3.05) is 52.4 Å². The fourth-order valence-electron chi connectivity index (χ4n) is 2.37.